The number of anilines is 1. The minimum atomic E-state index is -0.460. The number of halogens is 1. The van der Waals surface area contributed by atoms with E-state index in [9.17, 15) is 14.9 Å². The highest BCUT2D eigenvalue weighted by atomic mass is 79.9. The molecule has 9 heteroatoms. The topological polar surface area (TPSA) is 94.4 Å². The summed E-state index contributed by atoms with van der Waals surface area (Å²) in [7, 11) is 0. The molecule has 0 bridgehead atoms. The minimum Gasteiger partial charge on any atom is -0.484 e. The Labute approximate surface area is 160 Å². The van der Waals surface area contributed by atoms with Crippen LogP contribution in [0.15, 0.2) is 58.4 Å². The van der Waals surface area contributed by atoms with Crippen molar-refractivity contribution in [2.45, 2.75) is 0 Å². The van der Waals surface area contributed by atoms with Crippen molar-refractivity contribution < 1.29 is 14.5 Å². The highest BCUT2D eigenvalue weighted by molar-refractivity contribution is 9.10. The zero-order valence-electron chi connectivity index (χ0n) is 13.2. The van der Waals surface area contributed by atoms with Crippen LogP contribution in [0, 0.1) is 10.1 Å². The molecule has 1 N–H and O–H groups in total. The Kier molecular flexibility index (Phi) is 5.59. The van der Waals surface area contributed by atoms with Gasteiger partial charge in [-0.2, -0.15) is 0 Å². The number of amides is 1. The van der Waals surface area contributed by atoms with E-state index in [2.05, 4.69) is 26.2 Å². The number of non-ortho nitro benzene ring substituents is 1. The van der Waals surface area contributed by atoms with Gasteiger partial charge >= 0.3 is 0 Å². The lowest BCUT2D eigenvalue weighted by Gasteiger charge is -2.06. The lowest BCUT2D eigenvalue weighted by Crippen LogP contribution is -2.20. The fourth-order valence-corrected chi connectivity index (χ4v) is 3.22. The summed E-state index contributed by atoms with van der Waals surface area (Å²) >= 11 is 4.57. The van der Waals surface area contributed by atoms with Crippen LogP contribution in [-0.4, -0.2) is 22.4 Å². The number of thiazole rings is 1. The van der Waals surface area contributed by atoms with Crippen LogP contribution < -0.4 is 10.1 Å². The molecule has 0 spiro atoms. The van der Waals surface area contributed by atoms with Crippen LogP contribution in [0.25, 0.3) is 11.3 Å². The maximum absolute atomic E-state index is 12.0. The van der Waals surface area contributed by atoms with E-state index in [-0.39, 0.29) is 18.2 Å². The molecule has 2 aromatic carbocycles. The Balaban J connectivity index is 1.62. The van der Waals surface area contributed by atoms with E-state index in [4.69, 9.17) is 4.74 Å². The van der Waals surface area contributed by atoms with Crippen molar-refractivity contribution in [3.63, 3.8) is 0 Å². The van der Waals surface area contributed by atoms with Gasteiger partial charge < -0.3 is 4.74 Å². The molecule has 26 heavy (non-hydrogen) atoms. The summed E-state index contributed by atoms with van der Waals surface area (Å²) in [5, 5.41) is 15.6. The first-order valence-electron chi connectivity index (χ1n) is 7.40. The molecule has 0 atom stereocenters. The maximum atomic E-state index is 12.0. The van der Waals surface area contributed by atoms with Crippen LogP contribution in [0.5, 0.6) is 5.75 Å². The van der Waals surface area contributed by atoms with Crippen LogP contribution >= 0.6 is 27.3 Å². The van der Waals surface area contributed by atoms with E-state index in [0.29, 0.717) is 22.1 Å². The number of rotatable bonds is 6. The van der Waals surface area contributed by atoms with Crippen molar-refractivity contribution in [2.75, 3.05) is 11.9 Å². The molecule has 1 heterocycles. The second-order valence-electron chi connectivity index (χ2n) is 5.14. The summed E-state index contributed by atoms with van der Waals surface area (Å²) in [6.45, 7) is -0.151. The van der Waals surface area contributed by atoms with Crippen LogP contribution in [0.4, 0.5) is 10.8 Å². The second-order valence-corrected chi connectivity index (χ2v) is 6.91. The summed E-state index contributed by atoms with van der Waals surface area (Å²) in [5.74, 6) is 0.232. The molecule has 0 aliphatic carbocycles. The quantitative estimate of drug-likeness (QED) is 0.456. The molecule has 0 aliphatic rings. The number of hydrogen-bond acceptors (Lipinski definition) is 6. The fourth-order valence-electron chi connectivity index (χ4n) is 2.10. The zero-order valence-corrected chi connectivity index (χ0v) is 15.6. The molecule has 0 saturated heterocycles. The first kappa shape index (κ1) is 18.0. The number of carbonyl (C=O) groups excluding carboxylic acids is 1. The van der Waals surface area contributed by atoms with Gasteiger partial charge in [0.2, 0.25) is 0 Å². The van der Waals surface area contributed by atoms with Crippen molar-refractivity contribution in [3.8, 4) is 17.0 Å². The predicted octanol–water partition coefficient (Wildman–Crippen LogP) is 4.50. The van der Waals surface area contributed by atoms with Crippen molar-refractivity contribution in [3.05, 3.63) is 68.5 Å². The van der Waals surface area contributed by atoms with Crippen molar-refractivity contribution in [1.82, 2.24) is 4.98 Å². The molecule has 1 aromatic heterocycles. The molecule has 1 amide bonds. The number of benzene rings is 2. The molecule has 0 unspecified atom stereocenters. The van der Waals surface area contributed by atoms with Gasteiger partial charge in [-0.15, -0.1) is 11.3 Å². The van der Waals surface area contributed by atoms with E-state index in [1.807, 2.05) is 12.1 Å². The van der Waals surface area contributed by atoms with E-state index in [1.54, 1.807) is 29.6 Å². The molecule has 0 aliphatic heterocycles. The van der Waals surface area contributed by atoms with Crippen LogP contribution in [-0.2, 0) is 4.79 Å². The van der Waals surface area contributed by atoms with Gasteiger partial charge in [0.1, 0.15) is 5.75 Å². The number of nitrogens with one attached hydrogen (secondary N) is 1. The Morgan fingerprint density at radius 3 is 2.85 bits per heavy atom. The largest absolute Gasteiger partial charge is 0.484 e. The molecule has 3 rings (SSSR count). The fraction of sp³-hybridized carbons (Fsp3) is 0.0588. The average Bonchev–Trinajstić information content (AvgIpc) is 3.08. The van der Waals surface area contributed by atoms with Crippen LogP contribution in [0.1, 0.15) is 0 Å². The van der Waals surface area contributed by atoms with E-state index < -0.39 is 4.92 Å². The number of ether oxygens (including phenoxy) is 1. The summed E-state index contributed by atoms with van der Waals surface area (Å²) in [4.78, 5) is 26.7. The SMILES string of the molecule is O=C(COc1cccc(Br)c1)Nc1nc(-c2cccc([N+](=O)[O-])c2)cs1. The van der Waals surface area contributed by atoms with Gasteiger partial charge in [0.15, 0.2) is 11.7 Å². The summed E-state index contributed by atoms with van der Waals surface area (Å²) in [6.07, 6.45) is 0. The molecular formula is C17H12BrN3O4S. The number of aromatic nitrogens is 1. The van der Waals surface area contributed by atoms with E-state index >= 15 is 0 Å². The van der Waals surface area contributed by atoms with E-state index in [0.717, 1.165) is 4.47 Å². The number of carbonyl (C=O) groups is 1. The van der Waals surface area contributed by atoms with Crippen molar-refractivity contribution >= 4 is 44.0 Å². The molecule has 7 nitrogen and oxygen atoms in total. The van der Waals surface area contributed by atoms with Gasteiger partial charge in [-0.05, 0) is 18.2 Å². The Morgan fingerprint density at radius 1 is 1.27 bits per heavy atom. The van der Waals surface area contributed by atoms with Crippen LogP contribution in [0.2, 0.25) is 0 Å². The third-order valence-corrected chi connectivity index (χ3v) is 4.52. The maximum Gasteiger partial charge on any atom is 0.270 e. The highest BCUT2D eigenvalue weighted by Crippen LogP contribution is 2.27. The first-order chi connectivity index (χ1) is 12.5. The van der Waals surface area contributed by atoms with Gasteiger partial charge in [-0.25, -0.2) is 4.98 Å². The number of nitrogens with zero attached hydrogens (tertiary/aromatic N) is 2. The number of hydrogen-bond donors (Lipinski definition) is 1. The van der Waals surface area contributed by atoms with Gasteiger partial charge in [0, 0.05) is 27.5 Å². The third-order valence-electron chi connectivity index (χ3n) is 3.27. The monoisotopic (exact) mass is 433 g/mol. The summed E-state index contributed by atoms with van der Waals surface area (Å²) in [5.41, 5.74) is 1.16. The molecule has 132 valence electrons. The smallest absolute Gasteiger partial charge is 0.270 e. The van der Waals surface area contributed by atoms with Gasteiger partial charge in [0.25, 0.3) is 11.6 Å². The Morgan fingerprint density at radius 2 is 2.08 bits per heavy atom. The standard InChI is InChI=1S/C17H12BrN3O4S/c18-12-4-2-6-14(8-12)25-9-16(22)20-17-19-15(10-26-17)11-3-1-5-13(7-11)21(23)24/h1-8,10H,9H2,(H,19,20,22). The predicted molar refractivity (Wildman–Crippen MR) is 102 cm³/mol. The van der Waals surface area contributed by atoms with Gasteiger partial charge in [0.05, 0.1) is 10.6 Å². The molecule has 0 radical (unpaired) electrons. The first-order valence-corrected chi connectivity index (χ1v) is 9.07. The third kappa shape index (κ3) is 4.64. The van der Waals surface area contributed by atoms with E-state index in [1.165, 1.54) is 23.5 Å². The normalized spacial score (nSPS) is 10.3. The summed E-state index contributed by atoms with van der Waals surface area (Å²) < 4.78 is 6.27. The Hall–Kier alpha value is -2.78. The highest BCUT2D eigenvalue weighted by Gasteiger charge is 2.12. The van der Waals surface area contributed by atoms with Crippen molar-refractivity contribution in [2.24, 2.45) is 0 Å². The lowest BCUT2D eigenvalue weighted by molar-refractivity contribution is -0.384. The second kappa shape index (κ2) is 8.07. The number of nitro groups is 1. The zero-order chi connectivity index (χ0) is 18.5. The number of nitro benzene ring substituents is 1. The molecule has 0 fully saturated rings. The average molecular weight is 434 g/mol. The summed E-state index contributed by atoms with van der Waals surface area (Å²) in [6, 6.07) is 13.4. The Bertz CT molecular complexity index is 960. The van der Waals surface area contributed by atoms with Crippen LogP contribution in [0.3, 0.4) is 0 Å². The molecule has 3 aromatic rings. The molecule has 0 saturated carbocycles. The minimum absolute atomic E-state index is 0.0106. The van der Waals surface area contributed by atoms with Crippen molar-refractivity contribution in [1.29, 1.82) is 0 Å². The van der Waals surface area contributed by atoms with Gasteiger partial charge in [-0.3, -0.25) is 20.2 Å². The molecular weight excluding hydrogens is 422 g/mol. The lowest BCUT2D eigenvalue weighted by atomic mass is 10.1. The van der Waals surface area contributed by atoms with Gasteiger partial charge in [-0.1, -0.05) is 34.1 Å².